The Hall–Kier alpha value is -3.24. The zero-order chi connectivity index (χ0) is 71.8. The van der Waals surface area contributed by atoms with Crippen LogP contribution in [0.3, 0.4) is 0 Å². The molecule has 0 rings (SSSR count). The Labute approximate surface area is 597 Å². The van der Waals surface area contributed by atoms with Gasteiger partial charge in [0, 0.05) is 25.7 Å². The predicted octanol–water partition coefficient (Wildman–Crippen LogP) is 22.7. The standard InChI is InChI=1S/C79H144O17P2/c1-5-9-13-17-21-25-29-33-36-40-43-47-51-55-59-63-76(81)89-69-74(95-78(83)65-61-57-53-49-45-39-32-28-24-20-16-12-8-4)71-93-97(85,86)91-67-73(80)68-92-98(87,88)94-72-75(96-79(84)66-62-58-54-50-46-42-38-35-31-27-23-19-15-11-7-3)70-90-77(82)64-60-56-52-48-44-41-37-34-30-26-22-18-14-10-6-2/h21,25,27,31,33-38,73-75,80H,5-20,22-24,26,28-30,32,39-72H2,1-4H3,(H,85,86)(H,87,88)/b25-21-,31-27-,36-33-,37-34-,38-35-/t73-,74+,75+/m0/s1. The summed E-state index contributed by atoms with van der Waals surface area (Å²) in [6.07, 6.45) is 70.5. The Morgan fingerprint density at radius 1 is 0.296 bits per heavy atom. The first-order valence-corrected chi connectivity index (χ1v) is 42.5. The van der Waals surface area contributed by atoms with Crippen LogP contribution in [0.1, 0.15) is 362 Å². The number of phosphoric acid groups is 2. The van der Waals surface area contributed by atoms with Gasteiger partial charge in [0.05, 0.1) is 26.4 Å². The van der Waals surface area contributed by atoms with Crippen molar-refractivity contribution in [3.8, 4) is 0 Å². The molecule has 0 heterocycles. The minimum Gasteiger partial charge on any atom is -0.462 e. The smallest absolute Gasteiger partial charge is 0.462 e. The second-order valence-electron chi connectivity index (χ2n) is 26.7. The van der Waals surface area contributed by atoms with Crippen molar-refractivity contribution >= 4 is 39.5 Å². The van der Waals surface area contributed by atoms with Crippen LogP contribution in [0.5, 0.6) is 0 Å². The fourth-order valence-corrected chi connectivity index (χ4v) is 12.5. The molecule has 2 unspecified atom stereocenters. The van der Waals surface area contributed by atoms with Crippen molar-refractivity contribution in [2.24, 2.45) is 0 Å². The second kappa shape index (κ2) is 72.1. The van der Waals surface area contributed by atoms with Crippen LogP contribution in [0.4, 0.5) is 0 Å². The van der Waals surface area contributed by atoms with Crippen LogP contribution in [-0.4, -0.2) is 96.7 Å². The van der Waals surface area contributed by atoms with E-state index < -0.39 is 97.5 Å². The number of carbonyl (C=O) groups is 4. The highest BCUT2D eigenvalue weighted by Gasteiger charge is 2.30. The number of rotatable bonds is 75. The molecule has 19 heteroatoms. The van der Waals surface area contributed by atoms with Crippen molar-refractivity contribution in [3.63, 3.8) is 0 Å². The Morgan fingerprint density at radius 2 is 0.531 bits per heavy atom. The Morgan fingerprint density at radius 3 is 0.857 bits per heavy atom. The van der Waals surface area contributed by atoms with E-state index in [2.05, 4.69) is 88.5 Å². The Kier molecular flexibility index (Phi) is 69.7. The van der Waals surface area contributed by atoms with E-state index >= 15 is 0 Å². The lowest BCUT2D eigenvalue weighted by Crippen LogP contribution is -2.30. The van der Waals surface area contributed by atoms with Gasteiger partial charge in [-0.3, -0.25) is 37.3 Å². The largest absolute Gasteiger partial charge is 0.472 e. The van der Waals surface area contributed by atoms with Crippen molar-refractivity contribution in [3.05, 3.63) is 60.8 Å². The number of unbranched alkanes of at least 4 members (excludes halogenated alkanes) is 40. The minimum absolute atomic E-state index is 0.0796. The van der Waals surface area contributed by atoms with E-state index in [4.69, 9.17) is 37.0 Å². The molecule has 0 radical (unpaired) electrons. The Balaban J connectivity index is 5.34. The predicted molar refractivity (Wildman–Crippen MR) is 400 cm³/mol. The molecule has 0 aliphatic carbocycles. The number of aliphatic hydroxyl groups is 1. The van der Waals surface area contributed by atoms with Gasteiger partial charge in [0.25, 0.3) is 0 Å². The summed E-state index contributed by atoms with van der Waals surface area (Å²) in [5, 5.41) is 10.6. The summed E-state index contributed by atoms with van der Waals surface area (Å²) in [6, 6.07) is 0. The number of aliphatic hydroxyl groups excluding tert-OH is 1. The van der Waals surface area contributed by atoms with Crippen LogP contribution in [-0.2, 0) is 65.4 Å². The third-order valence-electron chi connectivity index (χ3n) is 17.0. The van der Waals surface area contributed by atoms with Crippen molar-refractivity contribution in [2.75, 3.05) is 39.6 Å². The van der Waals surface area contributed by atoms with Gasteiger partial charge in [-0.1, -0.05) is 288 Å². The van der Waals surface area contributed by atoms with E-state index in [1.165, 1.54) is 135 Å². The van der Waals surface area contributed by atoms with Gasteiger partial charge in [-0.15, -0.1) is 0 Å². The van der Waals surface area contributed by atoms with E-state index in [0.29, 0.717) is 25.7 Å². The number of allylic oxidation sites excluding steroid dienone is 10. The summed E-state index contributed by atoms with van der Waals surface area (Å²) >= 11 is 0. The van der Waals surface area contributed by atoms with E-state index in [-0.39, 0.29) is 25.7 Å². The van der Waals surface area contributed by atoms with E-state index in [0.717, 1.165) is 148 Å². The fraction of sp³-hybridized carbons (Fsp3) is 0.823. The molecule has 0 saturated heterocycles. The summed E-state index contributed by atoms with van der Waals surface area (Å²) in [5.74, 6) is -2.18. The molecule has 0 aromatic heterocycles. The minimum atomic E-state index is -4.97. The molecule has 0 bridgehead atoms. The first-order valence-electron chi connectivity index (χ1n) is 39.5. The highest BCUT2D eigenvalue weighted by molar-refractivity contribution is 7.47. The van der Waals surface area contributed by atoms with Crippen molar-refractivity contribution in [1.29, 1.82) is 0 Å². The molecule has 0 amide bonds. The van der Waals surface area contributed by atoms with Gasteiger partial charge in [-0.05, 0) is 109 Å². The normalized spacial score (nSPS) is 14.2. The van der Waals surface area contributed by atoms with Gasteiger partial charge < -0.3 is 33.8 Å². The van der Waals surface area contributed by atoms with E-state index in [1.807, 2.05) is 0 Å². The van der Waals surface area contributed by atoms with Crippen LogP contribution in [0.2, 0.25) is 0 Å². The SMILES string of the molecule is CCCCC/C=C\C/C=C\CCCCCCCC(=O)OC[C@H](COP(=O)(O)OC[C@H](O)COP(=O)(O)OC[C@@H](COC(=O)CCCCCCC/C=C\CCCCCCCC)OC(=O)CCCCCCC/C=C\C=C/CCCCCC)OC(=O)CCCCCCCCCCCCCCC. The van der Waals surface area contributed by atoms with Crippen molar-refractivity contribution in [2.45, 2.75) is 380 Å². The van der Waals surface area contributed by atoms with Crippen LogP contribution in [0.15, 0.2) is 60.8 Å². The van der Waals surface area contributed by atoms with Gasteiger partial charge in [0.1, 0.15) is 19.3 Å². The number of hydrogen-bond donors (Lipinski definition) is 3. The summed E-state index contributed by atoms with van der Waals surface area (Å²) in [4.78, 5) is 72.9. The summed E-state index contributed by atoms with van der Waals surface area (Å²) in [5.41, 5.74) is 0. The molecule has 17 nitrogen and oxygen atoms in total. The molecule has 0 spiro atoms. The highest BCUT2D eigenvalue weighted by Crippen LogP contribution is 2.45. The monoisotopic (exact) mass is 1430 g/mol. The summed E-state index contributed by atoms with van der Waals surface area (Å²) in [6.45, 7) is 4.84. The molecule has 0 aliphatic heterocycles. The van der Waals surface area contributed by atoms with E-state index in [9.17, 15) is 43.2 Å². The lowest BCUT2D eigenvalue weighted by atomic mass is 10.0. The van der Waals surface area contributed by atoms with Crippen LogP contribution in [0.25, 0.3) is 0 Å². The number of hydrogen-bond acceptors (Lipinski definition) is 15. The topological polar surface area (TPSA) is 237 Å². The molecule has 98 heavy (non-hydrogen) atoms. The molecular formula is C79H144O17P2. The number of carbonyl (C=O) groups excluding carboxylic acids is 4. The van der Waals surface area contributed by atoms with Gasteiger partial charge in [-0.25, -0.2) is 9.13 Å². The zero-order valence-electron chi connectivity index (χ0n) is 62.5. The Bertz CT molecular complexity index is 2100. The number of ether oxygens (including phenoxy) is 4. The van der Waals surface area contributed by atoms with Crippen LogP contribution >= 0.6 is 15.6 Å². The highest BCUT2D eigenvalue weighted by atomic mass is 31.2. The first kappa shape index (κ1) is 94.8. The molecule has 0 aromatic carbocycles. The van der Waals surface area contributed by atoms with Gasteiger partial charge >= 0.3 is 39.5 Å². The summed E-state index contributed by atoms with van der Waals surface area (Å²) in [7, 11) is -9.94. The second-order valence-corrected chi connectivity index (χ2v) is 29.6. The molecule has 3 N–H and O–H groups in total. The van der Waals surface area contributed by atoms with Gasteiger partial charge in [0.15, 0.2) is 12.2 Å². The molecule has 5 atom stereocenters. The third-order valence-corrected chi connectivity index (χ3v) is 18.9. The van der Waals surface area contributed by atoms with E-state index in [1.54, 1.807) is 0 Å². The average Bonchev–Trinajstić information content (AvgIpc) is 0.959. The molecule has 0 saturated carbocycles. The molecule has 0 aliphatic rings. The van der Waals surface area contributed by atoms with Gasteiger partial charge in [0.2, 0.25) is 0 Å². The van der Waals surface area contributed by atoms with Crippen molar-refractivity contribution in [1.82, 2.24) is 0 Å². The van der Waals surface area contributed by atoms with Crippen molar-refractivity contribution < 1.29 is 80.2 Å². The maximum atomic E-state index is 13.1. The number of phosphoric ester groups is 2. The average molecular weight is 1430 g/mol. The van der Waals surface area contributed by atoms with Crippen LogP contribution in [0, 0.1) is 0 Å². The maximum absolute atomic E-state index is 13.1. The van der Waals surface area contributed by atoms with Gasteiger partial charge in [-0.2, -0.15) is 0 Å². The lowest BCUT2D eigenvalue weighted by Gasteiger charge is -2.21. The molecule has 572 valence electrons. The third kappa shape index (κ3) is 71.2. The maximum Gasteiger partial charge on any atom is 0.472 e. The quantitative estimate of drug-likeness (QED) is 0.0128. The molecule has 0 fully saturated rings. The zero-order valence-corrected chi connectivity index (χ0v) is 64.3. The lowest BCUT2D eigenvalue weighted by molar-refractivity contribution is -0.161. The fourth-order valence-electron chi connectivity index (χ4n) is 10.9. The number of esters is 4. The molecule has 0 aromatic rings. The summed E-state index contributed by atoms with van der Waals surface area (Å²) < 4.78 is 68.5. The molecular weight excluding hydrogens is 1280 g/mol. The van der Waals surface area contributed by atoms with Crippen LogP contribution < -0.4 is 0 Å². The first-order chi connectivity index (χ1) is 47.7.